The summed E-state index contributed by atoms with van der Waals surface area (Å²) in [7, 11) is 0. The van der Waals surface area contributed by atoms with Crippen LogP contribution >= 0.6 is 15.9 Å². The summed E-state index contributed by atoms with van der Waals surface area (Å²) in [5, 5.41) is 3.04. The molecule has 2 atom stereocenters. The van der Waals surface area contributed by atoms with Crippen LogP contribution in [0, 0.1) is 5.82 Å². The van der Waals surface area contributed by atoms with Gasteiger partial charge in [0.1, 0.15) is 11.9 Å². The van der Waals surface area contributed by atoms with Gasteiger partial charge < -0.3 is 10.2 Å². The van der Waals surface area contributed by atoms with Crippen LogP contribution in [0.2, 0.25) is 0 Å². The van der Waals surface area contributed by atoms with Crippen molar-refractivity contribution >= 4 is 27.7 Å². The lowest BCUT2D eigenvalue weighted by molar-refractivity contribution is -0.141. The predicted molar refractivity (Wildman–Crippen MR) is 137 cm³/mol. The topological polar surface area (TPSA) is 49.4 Å². The SMILES string of the molecule is CC[C@H](C)NC(=O)[C@@H](Cc1ccccc1)N(Cc1ccc(Br)cc1)C(=O)Cc1ccccc1F. The molecule has 0 radical (unpaired) electrons. The van der Waals surface area contributed by atoms with Crippen LogP contribution in [0.3, 0.4) is 0 Å². The van der Waals surface area contributed by atoms with Gasteiger partial charge in [-0.05, 0) is 48.2 Å². The van der Waals surface area contributed by atoms with Gasteiger partial charge in [-0.2, -0.15) is 0 Å². The Morgan fingerprint density at radius 2 is 1.59 bits per heavy atom. The molecule has 0 bridgehead atoms. The quantitative estimate of drug-likeness (QED) is 0.370. The summed E-state index contributed by atoms with van der Waals surface area (Å²) in [6, 6.07) is 22.8. The Kier molecular flexibility index (Phi) is 9.40. The average molecular weight is 525 g/mol. The van der Waals surface area contributed by atoms with Crippen LogP contribution in [0.1, 0.15) is 37.0 Å². The number of carbonyl (C=O) groups excluding carboxylic acids is 2. The molecule has 178 valence electrons. The highest BCUT2D eigenvalue weighted by atomic mass is 79.9. The maximum absolute atomic E-state index is 14.4. The summed E-state index contributed by atoms with van der Waals surface area (Å²) in [4.78, 5) is 28.6. The number of amides is 2. The summed E-state index contributed by atoms with van der Waals surface area (Å²) in [6.07, 6.45) is 1.02. The highest BCUT2D eigenvalue weighted by molar-refractivity contribution is 9.10. The molecule has 0 aliphatic heterocycles. The Morgan fingerprint density at radius 1 is 0.941 bits per heavy atom. The van der Waals surface area contributed by atoms with E-state index in [1.54, 1.807) is 23.1 Å². The van der Waals surface area contributed by atoms with E-state index in [0.717, 1.165) is 22.0 Å². The number of hydrogen-bond donors (Lipinski definition) is 1. The van der Waals surface area contributed by atoms with Gasteiger partial charge in [0.05, 0.1) is 6.42 Å². The third kappa shape index (κ3) is 7.26. The molecule has 0 saturated heterocycles. The third-order valence-corrected chi connectivity index (χ3v) is 6.37. The van der Waals surface area contributed by atoms with E-state index in [2.05, 4.69) is 21.2 Å². The lowest BCUT2D eigenvalue weighted by atomic mass is 10.0. The van der Waals surface area contributed by atoms with Crippen molar-refractivity contribution in [1.82, 2.24) is 10.2 Å². The molecule has 0 heterocycles. The summed E-state index contributed by atoms with van der Waals surface area (Å²) in [6.45, 7) is 4.18. The molecule has 0 saturated carbocycles. The summed E-state index contributed by atoms with van der Waals surface area (Å²) in [5.74, 6) is -0.937. The van der Waals surface area contributed by atoms with Gasteiger partial charge in [0.2, 0.25) is 11.8 Å². The van der Waals surface area contributed by atoms with Gasteiger partial charge in [-0.1, -0.05) is 83.5 Å². The van der Waals surface area contributed by atoms with Crippen LogP contribution < -0.4 is 5.32 Å². The predicted octanol–water partition coefficient (Wildman–Crippen LogP) is 5.69. The van der Waals surface area contributed by atoms with E-state index in [4.69, 9.17) is 0 Å². The molecule has 0 fully saturated rings. The van der Waals surface area contributed by atoms with Crippen molar-refractivity contribution < 1.29 is 14.0 Å². The number of hydrogen-bond acceptors (Lipinski definition) is 2. The zero-order chi connectivity index (χ0) is 24.5. The van der Waals surface area contributed by atoms with Crippen LogP contribution in [0.25, 0.3) is 0 Å². The van der Waals surface area contributed by atoms with Gasteiger partial charge in [0.25, 0.3) is 0 Å². The average Bonchev–Trinajstić information content (AvgIpc) is 2.84. The lowest BCUT2D eigenvalue weighted by Crippen LogP contribution is -2.52. The van der Waals surface area contributed by atoms with Gasteiger partial charge in [0, 0.05) is 23.5 Å². The molecule has 34 heavy (non-hydrogen) atoms. The highest BCUT2D eigenvalue weighted by Crippen LogP contribution is 2.19. The number of halogens is 2. The molecule has 0 unspecified atom stereocenters. The monoisotopic (exact) mass is 524 g/mol. The number of rotatable bonds is 10. The van der Waals surface area contributed by atoms with E-state index < -0.39 is 11.9 Å². The molecule has 0 aliphatic carbocycles. The minimum atomic E-state index is -0.737. The molecule has 3 rings (SSSR count). The number of nitrogens with one attached hydrogen (secondary N) is 1. The molecule has 0 aromatic heterocycles. The van der Waals surface area contributed by atoms with E-state index in [9.17, 15) is 14.0 Å². The van der Waals surface area contributed by atoms with Crippen molar-refractivity contribution in [3.05, 3.63) is 106 Å². The molecule has 0 spiro atoms. The van der Waals surface area contributed by atoms with E-state index in [1.807, 2.05) is 68.4 Å². The molecule has 6 heteroatoms. The van der Waals surface area contributed by atoms with Crippen LogP contribution in [-0.2, 0) is 29.0 Å². The Morgan fingerprint density at radius 3 is 2.24 bits per heavy atom. The van der Waals surface area contributed by atoms with Crippen LogP contribution in [-0.4, -0.2) is 28.8 Å². The first-order valence-corrected chi connectivity index (χ1v) is 12.3. The van der Waals surface area contributed by atoms with Gasteiger partial charge in [-0.3, -0.25) is 9.59 Å². The molecular formula is C28H30BrFN2O2. The van der Waals surface area contributed by atoms with E-state index in [0.29, 0.717) is 12.0 Å². The first-order valence-electron chi connectivity index (χ1n) is 11.5. The third-order valence-electron chi connectivity index (χ3n) is 5.84. The zero-order valence-corrected chi connectivity index (χ0v) is 21.1. The molecule has 3 aromatic rings. The van der Waals surface area contributed by atoms with E-state index in [1.165, 1.54) is 6.07 Å². The van der Waals surface area contributed by atoms with Crippen molar-refractivity contribution in [3.63, 3.8) is 0 Å². The molecule has 1 N–H and O–H groups in total. The van der Waals surface area contributed by atoms with Gasteiger partial charge in [-0.15, -0.1) is 0 Å². The Labute approximate surface area is 209 Å². The lowest BCUT2D eigenvalue weighted by Gasteiger charge is -2.32. The van der Waals surface area contributed by atoms with Crippen LogP contribution in [0.15, 0.2) is 83.3 Å². The Balaban J connectivity index is 1.97. The highest BCUT2D eigenvalue weighted by Gasteiger charge is 2.31. The second kappa shape index (κ2) is 12.5. The minimum absolute atomic E-state index is 0.0260. The van der Waals surface area contributed by atoms with Crippen molar-refractivity contribution in [2.24, 2.45) is 0 Å². The standard InChI is InChI=1S/C28H30BrFN2O2/c1-3-20(2)31-28(34)26(17-21-9-5-4-6-10-21)32(19-22-13-15-24(29)16-14-22)27(33)18-23-11-7-8-12-25(23)30/h4-16,20,26H,3,17-19H2,1-2H3,(H,31,34)/t20-,26+/m0/s1. The molecular weight excluding hydrogens is 495 g/mol. The normalized spacial score (nSPS) is 12.6. The Bertz CT molecular complexity index is 1090. The van der Waals surface area contributed by atoms with E-state index >= 15 is 0 Å². The fraction of sp³-hybridized carbons (Fsp3) is 0.286. The van der Waals surface area contributed by atoms with E-state index in [-0.39, 0.29) is 30.8 Å². The number of nitrogens with zero attached hydrogens (tertiary/aromatic N) is 1. The summed E-state index contributed by atoms with van der Waals surface area (Å²) in [5.41, 5.74) is 2.15. The maximum Gasteiger partial charge on any atom is 0.243 e. The fourth-order valence-corrected chi connectivity index (χ4v) is 3.95. The van der Waals surface area contributed by atoms with Crippen molar-refractivity contribution in [2.75, 3.05) is 0 Å². The summed E-state index contributed by atoms with van der Waals surface area (Å²) < 4.78 is 15.3. The smallest absolute Gasteiger partial charge is 0.243 e. The second-order valence-corrected chi connectivity index (χ2v) is 9.36. The van der Waals surface area contributed by atoms with Gasteiger partial charge >= 0.3 is 0 Å². The molecule has 3 aromatic carbocycles. The maximum atomic E-state index is 14.4. The largest absolute Gasteiger partial charge is 0.352 e. The zero-order valence-electron chi connectivity index (χ0n) is 19.5. The van der Waals surface area contributed by atoms with Crippen molar-refractivity contribution in [2.45, 2.75) is 51.7 Å². The number of carbonyl (C=O) groups is 2. The fourth-order valence-electron chi connectivity index (χ4n) is 3.69. The van der Waals surface area contributed by atoms with Gasteiger partial charge in [-0.25, -0.2) is 4.39 Å². The first kappa shape index (κ1) is 25.6. The molecule has 0 aliphatic rings. The number of benzene rings is 3. The van der Waals surface area contributed by atoms with Crippen molar-refractivity contribution in [1.29, 1.82) is 0 Å². The van der Waals surface area contributed by atoms with Crippen LogP contribution in [0.5, 0.6) is 0 Å². The summed E-state index contributed by atoms with van der Waals surface area (Å²) >= 11 is 3.44. The van der Waals surface area contributed by atoms with Crippen molar-refractivity contribution in [3.8, 4) is 0 Å². The Hall–Kier alpha value is -2.99. The minimum Gasteiger partial charge on any atom is -0.352 e. The van der Waals surface area contributed by atoms with Crippen LogP contribution in [0.4, 0.5) is 4.39 Å². The second-order valence-electron chi connectivity index (χ2n) is 8.44. The van der Waals surface area contributed by atoms with Gasteiger partial charge in [0.15, 0.2) is 0 Å². The first-order chi connectivity index (χ1) is 16.4. The molecule has 2 amide bonds. The molecule has 4 nitrogen and oxygen atoms in total.